The Bertz CT molecular complexity index is 1350. The molecule has 3 rings (SSSR count). The second-order valence-electron chi connectivity index (χ2n) is 11.0. The van der Waals surface area contributed by atoms with Gasteiger partial charge in [0.1, 0.15) is 22.7 Å². The molecule has 2 heterocycles. The van der Waals surface area contributed by atoms with E-state index in [4.69, 9.17) is 25.8 Å². The number of benzene rings is 1. The fraction of sp³-hybridized carbons (Fsp3) is 0.379. The Kier molecular flexibility index (Phi) is 8.85. The van der Waals surface area contributed by atoms with Crippen LogP contribution in [0.25, 0.3) is 0 Å². The van der Waals surface area contributed by atoms with Crippen LogP contribution in [-0.2, 0) is 15.9 Å². The number of rotatable bonds is 5. The number of anilines is 1. The van der Waals surface area contributed by atoms with Crippen molar-refractivity contribution in [3.8, 4) is 11.5 Å². The van der Waals surface area contributed by atoms with Crippen molar-refractivity contribution in [3.05, 3.63) is 75.9 Å². The minimum absolute atomic E-state index is 0.0907. The number of aromatic nitrogens is 2. The van der Waals surface area contributed by atoms with Crippen LogP contribution >= 0.6 is 11.6 Å². The summed E-state index contributed by atoms with van der Waals surface area (Å²) in [6.45, 7) is 13.5. The first kappa shape index (κ1) is 29.8. The molecule has 1 aromatic carbocycles. The molecule has 2 amide bonds. The Morgan fingerprint density at radius 1 is 0.923 bits per heavy atom. The molecule has 39 heavy (non-hydrogen) atoms. The highest BCUT2D eigenvalue weighted by molar-refractivity contribution is 6.30. The SMILES string of the molecule is Cc1cc(Cl)ccc1Oc1cncc(Cc2ccnc(N(C(=O)OC(C)(C)C)C(=O)OC(C)(C)C)c2F)c1C. The van der Waals surface area contributed by atoms with Gasteiger partial charge in [0.15, 0.2) is 11.6 Å². The molecule has 0 aliphatic rings. The van der Waals surface area contributed by atoms with Crippen molar-refractivity contribution >= 4 is 29.6 Å². The number of pyridine rings is 2. The third-order valence-corrected chi connectivity index (χ3v) is 5.56. The highest BCUT2D eigenvalue weighted by Crippen LogP contribution is 2.32. The van der Waals surface area contributed by atoms with E-state index in [9.17, 15) is 9.59 Å². The molecule has 0 spiro atoms. The molecule has 0 aliphatic carbocycles. The van der Waals surface area contributed by atoms with Gasteiger partial charge in [0, 0.05) is 23.8 Å². The predicted molar refractivity (Wildman–Crippen MR) is 147 cm³/mol. The molecule has 0 fully saturated rings. The lowest BCUT2D eigenvalue weighted by Gasteiger charge is -2.28. The van der Waals surface area contributed by atoms with Crippen LogP contribution in [-0.4, -0.2) is 33.4 Å². The van der Waals surface area contributed by atoms with E-state index in [-0.39, 0.29) is 12.0 Å². The lowest BCUT2D eigenvalue weighted by atomic mass is 10.0. The zero-order valence-electron chi connectivity index (χ0n) is 23.4. The number of carbonyl (C=O) groups is 2. The third kappa shape index (κ3) is 7.89. The number of aryl methyl sites for hydroxylation is 1. The molecule has 0 aliphatic heterocycles. The average molecular weight is 558 g/mol. The molecule has 0 atom stereocenters. The first-order valence-electron chi connectivity index (χ1n) is 12.3. The number of halogens is 2. The van der Waals surface area contributed by atoms with E-state index in [1.807, 2.05) is 13.8 Å². The van der Waals surface area contributed by atoms with Crippen LogP contribution in [0.15, 0.2) is 42.9 Å². The summed E-state index contributed by atoms with van der Waals surface area (Å²) in [4.78, 5) is 34.7. The monoisotopic (exact) mass is 557 g/mol. The van der Waals surface area contributed by atoms with Crippen molar-refractivity contribution in [1.29, 1.82) is 0 Å². The maximum absolute atomic E-state index is 15.9. The summed E-state index contributed by atoms with van der Waals surface area (Å²) in [7, 11) is 0. The van der Waals surface area contributed by atoms with E-state index in [2.05, 4.69) is 9.97 Å². The van der Waals surface area contributed by atoms with Crippen LogP contribution in [0.1, 0.15) is 63.8 Å². The van der Waals surface area contributed by atoms with Gasteiger partial charge < -0.3 is 14.2 Å². The smallest absolute Gasteiger partial charge is 0.425 e. The third-order valence-electron chi connectivity index (χ3n) is 5.33. The minimum Gasteiger partial charge on any atom is -0.455 e. The quantitative estimate of drug-likeness (QED) is 0.314. The van der Waals surface area contributed by atoms with Gasteiger partial charge in [0.2, 0.25) is 0 Å². The summed E-state index contributed by atoms with van der Waals surface area (Å²) in [6.07, 6.45) is 2.38. The van der Waals surface area contributed by atoms with Gasteiger partial charge in [-0.2, -0.15) is 4.90 Å². The van der Waals surface area contributed by atoms with Crippen molar-refractivity contribution in [2.24, 2.45) is 0 Å². The Hall–Kier alpha value is -3.72. The molecule has 0 unspecified atom stereocenters. The first-order valence-corrected chi connectivity index (χ1v) is 12.7. The van der Waals surface area contributed by atoms with Crippen molar-refractivity contribution in [2.75, 3.05) is 4.90 Å². The van der Waals surface area contributed by atoms with Crippen LogP contribution in [0.5, 0.6) is 11.5 Å². The van der Waals surface area contributed by atoms with Crippen LogP contribution < -0.4 is 9.64 Å². The Morgan fingerprint density at radius 2 is 1.54 bits per heavy atom. The minimum atomic E-state index is -1.10. The maximum atomic E-state index is 15.9. The predicted octanol–water partition coefficient (Wildman–Crippen LogP) is 7.95. The number of hydrogen-bond donors (Lipinski definition) is 0. The van der Waals surface area contributed by atoms with Gasteiger partial charge in [-0.25, -0.2) is 19.0 Å². The molecule has 10 heteroatoms. The molecule has 208 valence electrons. The standard InChI is InChI=1S/C29H33ClFN3O5/c1-17-13-21(30)9-10-22(17)37-23-16-32-15-20(18(23)2)14-19-11-12-33-25(24(19)31)34(26(35)38-28(3,4)5)27(36)39-29(6,7)8/h9-13,15-16H,14H2,1-8H3. The molecule has 0 bridgehead atoms. The normalized spacial score (nSPS) is 11.6. The summed E-state index contributed by atoms with van der Waals surface area (Å²) in [6, 6.07) is 6.75. The number of imide groups is 1. The second-order valence-corrected chi connectivity index (χ2v) is 11.5. The molecule has 0 saturated heterocycles. The van der Waals surface area contributed by atoms with Gasteiger partial charge in [-0.15, -0.1) is 0 Å². The lowest BCUT2D eigenvalue weighted by molar-refractivity contribution is 0.0427. The maximum Gasteiger partial charge on any atom is 0.425 e. The summed E-state index contributed by atoms with van der Waals surface area (Å²) < 4.78 is 32.7. The number of nitrogens with zero attached hydrogens (tertiary/aromatic N) is 3. The highest BCUT2D eigenvalue weighted by atomic mass is 35.5. The Morgan fingerprint density at radius 3 is 2.10 bits per heavy atom. The first-order chi connectivity index (χ1) is 18.1. The largest absolute Gasteiger partial charge is 0.455 e. The van der Waals surface area contributed by atoms with Crippen molar-refractivity contribution in [3.63, 3.8) is 0 Å². The molecule has 0 radical (unpaired) electrons. The fourth-order valence-electron chi connectivity index (χ4n) is 3.51. The van der Waals surface area contributed by atoms with E-state index in [0.29, 0.717) is 27.0 Å². The van der Waals surface area contributed by atoms with Crippen molar-refractivity contribution in [2.45, 2.75) is 73.0 Å². The van der Waals surface area contributed by atoms with Crippen LogP contribution in [0, 0.1) is 19.7 Å². The van der Waals surface area contributed by atoms with E-state index in [1.54, 1.807) is 72.1 Å². The number of ether oxygens (including phenoxy) is 3. The molecule has 0 saturated carbocycles. The van der Waals surface area contributed by atoms with E-state index >= 15 is 4.39 Å². The van der Waals surface area contributed by atoms with Gasteiger partial charge in [0.25, 0.3) is 0 Å². The zero-order valence-corrected chi connectivity index (χ0v) is 24.1. The summed E-state index contributed by atoms with van der Waals surface area (Å²) in [5, 5.41) is 0.597. The van der Waals surface area contributed by atoms with Gasteiger partial charge >= 0.3 is 12.2 Å². The number of amides is 2. The van der Waals surface area contributed by atoms with Gasteiger partial charge in [-0.3, -0.25) is 4.98 Å². The van der Waals surface area contributed by atoms with E-state index in [1.165, 1.54) is 12.3 Å². The van der Waals surface area contributed by atoms with Gasteiger partial charge in [-0.05, 0) is 102 Å². The molecule has 2 aromatic heterocycles. The van der Waals surface area contributed by atoms with Crippen molar-refractivity contribution in [1.82, 2.24) is 9.97 Å². The summed E-state index contributed by atoms with van der Waals surface area (Å²) >= 11 is 6.05. The average Bonchev–Trinajstić information content (AvgIpc) is 2.78. The highest BCUT2D eigenvalue weighted by Gasteiger charge is 2.36. The molecular weight excluding hydrogens is 525 g/mol. The van der Waals surface area contributed by atoms with Crippen molar-refractivity contribution < 1.29 is 28.2 Å². The summed E-state index contributed by atoms with van der Waals surface area (Å²) in [5.41, 5.74) is 0.557. The number of hydrogen-bond acceptors (Lipinski definition) is 7. The molecular formula is C29H33ClFN3O5. The molecule has 3 aromatic rings. The number of carbonyl (C=O) groups excluding carboxylic acids is 2. The van der Waals surface area contributed by atoms with Crippen LogP contribution in [0.4, 0.5) is 19.8 Å². The lowest BCUT2D eigenvalue weighted by Crippen LogP contribution is -2.44. The Balaban J connectivity index is 1.97. The summed E-state index contributed by atoms with van der Waals surface area (Å²) in [5.74, 6) is -0.278. The van der Waals surface area contributed by atoms with Crippen LogP contribution in [0.2, 0.25) is 5.02 Å². The topological polar surface area (TPSA) is 90.9 Å². The van der Waals surface area contributed by atoms with Crippen LogP contribution in [0.3, 0.4) is 0 Å². The van der Waals surface area contributed by atoms with E-state index in [0.717, 1.165) is 11.1 Å². The van der Waals surface area contributed by atoms with E-state index < -0.39 is 35.0 Å². The molecule has 8 nitrogen and oxygen atoms in total. The molecule has 0 N–H and O–H groups in total. The fourth-order valence-corrected chi connectivity index (χ4v) is 3.73. The second kappa shape index (κ2) is 11.6. The van der Waals surface area contributed by atoms with Gasteiger partial charge in [0.05, 0.1) is 6.20 Å². The zero-order chi connectivity index (χ0) is 29.1. The Labute approximate surface area is 233 Å². The van der Waals surface area contributed by atoms with Gasteiger partial charge in [-0.1, -0.05) is 11.6 Å².